The monoisotopic (exact) mass is 305 g/mol. The largest absolute Gasteiger partial charge is 0.397 e. The number of aryl methyl sites for hydroxylation is 1. The molecule has 0 saturated carbocycles. The lowest BCUT2D eigenvalue weighted by Crippen LogP contribution is -2.28. The molecule has 114 valence electrons. The van der Waals surface area contributed by atoms with Gasteiger partial charge in [0.2, 0.25) is 5.91 Å². The summed E-state index contributed by atoms with van der Waals surface area (Å²) in [5, 5.41) is 2.91. The molecule has 1 amide bonds. The number of hydrogen-bond acceptors (Lipinski definition) is 4. The number of carbonyl (C=O) groups is 1. The highest BCUT2D eigenvalue weighted by atomic mass is 32.2. The molecule has 0 bridgehead atoms. The van der Waals surface area contributed by atoms with Crippen LogP contribution in [0.3, 0.4) is 0 Å². The first-order valence-corrected chi connectivity index (χ1v) is 8.54. The fourth-order valence-electron chi connectivity index (χ4n) is 2.97. The van der Waals surface area contributed by atoms with Gasteiger partial charge in [-0.05, 0) is 30.5 Å². The van der Waals surface area contributed by atoms with Crippen molar-refractivity contribution in [2.45, 2.75) is 37.9 Å². The van der Waals surface area contributed by atoms with Gasteiger partial charge < -0.3 is 16.0 Å². The van der Waals surface area contributed by atoms with E-state index < -0.39 is 0 Å². The van der Waals surface area contributed by atoms with Gasteiger partial charge in [-0.3, -0.25) is 4.79 Å². The molecule has 0 aromatic heterocycles. The Bertz CT molecular complexity index is 571. The van der Waals surface area contributed by atoms with Crippen LogP contribution in [-0.4, -0.2) is 29.5 Å². The lowest BCUT2D eigenvalue weighted by atomic mass is 10.0. The van der Waals surface area contributed by atoms with Crippen LogP contribution >= 0.6 is 11.8 Å². The van der Waals surface area contributed by atoms with Crippen LogP contribution in [0.4, 0.5) is 17.1 Å². The first-order chi connectivity index (χ1) is 9.94. The number of fused-ring (bicyclic) bond motifs is 1. The molecule has 1 aromatic carbocycles. The molecule has 0 unspecified atom stereocenters. The van der Waals surface area contributed by atoms with Crippen LogP contribution in [0.5, 0.6) is 0 Å². The third-order valence-corrected chi connectivity index (χ3v) is 5.70. The van der Waals surface area contributed by atoms with E-state index in [0.29, 0.717) is 11.2 Å². The number of amides is 1. The number of rotatable bonds is 1. The summed E-state index contributed by atoms with van der Waals surface area (Å²) >= 11 is 2.04. The zero-order chi connectivity index (χ0) is 15.0. The summed E-state index contributed by atoms with van der Waals surface area (Å²) in [6.45, 7) is 6.69. The highest BCUT2D eigenvalue weighted by Gasteiger charge is 2.25. The minimum Gasteiger partial charge on any atom is -0.397 e. The summed E-state index contributed by atoms with van der Waals surface area (Å²) < 4.78 is 0.339. The molecule has 2 heterocycles. The van der Waals surface area contributed by atoms with Crippen LogP contribution in [0.2, 0.25) is 0 Å². The molecule has 3 N–H and O–H groups in total. The second-order valence-electron chi connectivity index (χ2n) is 6.46. The standard InChI is InChI=1S/C16H23N3OS/c1-16(2)5-6-19(7-8-21-16)14-9-11-3-4-15(20)18-13(11)10-12(14)17/h9-10H,3-8,17H2,1-2H3,(H,18,20). The molecular formula is C16H23N3OS. The number of nitrogens with zero attached hydrogens (tertiary/aromatic N) is 1. The van der Waals surface area contributed by atoms with E-state index in [9.17, 15) is 4.79 Å². The van der Waals surface area contributed by atoms with E-state index in [4.69, 9.17) is 5.73 Å². The summed E-state index contributed by atoms with van der Waals surface area (Å²) in [5.74, 6) is 1.21. The number of nitrogens with one attached hydrogen (secondary N) is 1. The number of thioether (sulfide) groups is 1. The van der Waals surface area contributed by atoms with Crippen LogP contribution in [0.15, 0.2) is 12.1 Å². The van der Waals surface area contributed by atoms with E-state index in [-0.39, 0.29) is 5.91 Å². The molecular weight excluding hydrogens is 282 g/mol. The molecule has 0 atom stereocenters. The molecule has 1 aromatic rings. The Morgan fingerprint density at radius 1 is 1.29 bits per heavy atom. The number of hydrogen-bond donors (Lipinski definition) is 2. The molecule has 2 aliphatic heterocycles. The van der Waals surface area contributed by atoms with Gasteiger partial charge >= 0.3 is 0 Å². The second kappa shape index (κ2) is 5.44. The average molecular weight is 305 g/mol. The lowest BCUT2D eigenvalue weighted by Gasteiger charge is -2.27. The number of anilines is 3. The van der Waals surface area contributed by atoms with Gasteiger partial charge in [-0.1, -0.05) is 13.8 Å². The van der Waals surface area contributed by atoms with Crippen LogP contribution in [0.25, 0.3) is 0 Å². The van der Waals surface area contributed by atoms with Gasteiger partial charge in [0.1, 0.15) is 0 Å². The summed E-state index contributed by atoms with van der Waals surface area (Å²) in [5.41, 5.74) is 10.2. The molecule has 4 nitrogen and oxygen atoms in total. The summed E-state index contributed by atoms with van der Waals surface area (Å²) in [6, 6.07) is 4.10. The van der Waals surface area contributed by atoms with Crippen molar-refractivity contribution in [2.75, 3.05) is 34.8 Å². The van der Waals surface area contributed by atoms with Gasteiger partial charge in [0.25, 0.3) is 0 Å². The topological polar surface area (TPSA) is 58.4 Å². The first-order valence-electron chi connectivity index (χ1n) is 7.56. The zero-order valence-corrected chi connectivity index (χ0v) is 13.6. The predicted octanol–water partition coefficient (Wildman–Crippen LogP) is 2.88. The smallest absolute Gasteiger partial charge is 0.224 e. The first kappa shape index (κ1) is 14.6. The van der Waals surface area contributed by atoms with E-state index in [0.717, 1.165) is 48.7 Å². The van der Waals surface area contributed by atoms with Crippen molar-refractivity contribution in [1.82, 2.24) is 0 Å². The van der Waals surface area contributed by atoms with Gasteiger partial charge in [0.15, 0.2) is 0 Å². The fraction of sp³-hybridized carbons (Fsp3) is 0.562. The Balaban J connectivity index is 1.87. The summed E-state index contributed by atoms with van der Waals surface area (Å²) in [6.07, 6.45) is 2.53. The zero-order valence-electron chi connectivity index (χ0n) is 12.7. The molecule has 5 heteroatoms. The minimum absolute atomic E-state index is 0.0857. The van der Waals surface area contributed by atoms with Gasteiger partial charge in [0, 0.05) is 35.7 Å². The lowest BCUT2D eigenvalue weighted by molar-refractivity contribution is -0.116. The third-order valence-electron chi connectivity index (χ3n) is 4.33. The molecule has 1 fully saturated rings. The van der Waals surface area contributed by atoms with E-state index >= 15 is 0 Å². The molecule has 21 heavy (non-hydrogen) atoms. The van der Waals surface area contributed by atoms with Gasteiger partial charge in [0.05, 0.1) is 11.4 Å². The summed E-state index contributed by atoms with van der Waals surface area (Å²) in [4.78, 5) is 13.9. The van der Waals surface area contributed by atoms with Crippen molar-refractivity contribution in [2.24, 2.45) is 0 Å². The van der Waals surface area contributed by atoms with Gasteiger partial charge in [-0.2, -0.15) is 11.8 Å². The van der Waals surface area contributed by atoms with Crippen LogP contribution < -0.4 is 16.0 Å². The van der Waals surface area contributed by atoms with Crippen molar-refractivity contribution in [3.63, 3.8) is 0 Å². The Labute approximate surface area is 130 Å². The minimum atomic E-state index is 0.0857. The van der Waals surface area contributed by atoms with Gasteiger partial charge in [-0.15, -0.1) is 0 Å². The summed E-state index contributed by atoms with van der Waals surface area (Å²) in [7, 11) is 0. The van der Waals surface area contributed by atoms with Crippen LogP contribution in [0.1, 0.15) is 32.3 Å². The molecule has 3 rings (SSSR count). The molecule has 0 radical (unpaired) electrons. The Kier molecular flexibility index (Phi) is 3.78. The number of nitrogen functional groups attached to an aromatic ring is 1. The second-order valence-corrected chi connectivity index (χ2v) is 8.26. The fourth-order valence-corrected chi connectivity index (χ4v) is 4.07. The van der Waals surface area contributed by atoms with E-state index in [1.807, 2.05) is 17.8 Å². The number of benzene rings is 1. The maximum absolute atomic E-state index is 11.5. The molecule has 2 aliphatic rings. The number of carbonyl (C=O) groups excluding carboxylic acids is 1. The molecule has 1 saturated heterocycles. The third kappa shape index (κ3) is 3.12. The molecule has 0 spiro atoms. The van der Waals surface area contributed by atoms with Crippen LogP contribution in [0, 0.1) is 0 Å². The van der Waals surface area contributed by atoms with Crippen molar-refractivity contribution in [1.29, 1.82) is 0 Å². The van der Waals surface area contributed by atoms with Crippen molar-refractivity contribution < 1.29 is 4.79 Å². The quantitative estimate of drug-likeness (QED) is 0.783. The number of nitrogens with two attached hydrogens (primary N) is 1. The van der Waals surface area contributed by atoms with Crippen molar-refractivity contribution >= 4 is 34.7 Å². The normalized spacial score (nSPS) is 21.4. The maximum Gasteiger partial charge on any atom is 0.224 e. The average Bonchev–Trinajstić information content (AvgIpc) is 2.59. The predicted molar refractivity (Wildman–Crippen MR) is 91.2 cm³/mol. The van der Waals surface area contributed by atoms with E-state index in [1.54, 1.807) is 0 Å². The Morgan fingerprint density at radius 3 is 2.90 bits per heavy atom. The van der Waals surface area contributed by atoms with E-state index in [2.05, 4.69) is 30.1 Å². The maximum atomic E-state index is 11.5. The molecule has 0 aliphatic carbocycles. The highest BCUT2D eigenvalue weighted by molar-refractivity contribution is 8.00. The Hall–Kier alpha value is -1.36. The van der Waals surface area contributed by atoms with Crippen molar-refractivity contribution in [3.05, 3.63) is 17.7 Å². The van der Waals surface area contributed by atoms with E-state index in [1.165, 1.54) is 5.56 Å². The van der Waals surface area contributed by atoms with Gasteiger partial charge in [-0.25, -0.2) is 0 Å². The Morgan fingerprint density at radius 2 is 2.10 bits per heavy atom. The SMILES string of the molecule is CC1(C)CCN(c2cc3c(cc2N)NC(=O)CC3)CCS1. The highest BCUT2D eigenvalue weighted by Crippen LogP contribution is 2.37. The van der Waals surface area contributed by atoms with Crippen LogP contribution in [-0.2, 0) is 11.2 Å². The van der Waals surface area contributed by atoms with Crippen molar-refractivity contribution in [3.8, 4) is 0 Å².